The quantitative estimate of drug-likeness (QED) is 0.593. The molecule has 0 bridgehead atoms. The molecule has 0 aliphatic heterocycles. The number of benzene rings is 1. The largest absolute Gasteiger partial charge is 1.00 e. The van der Waals surface area contributed by atoms with Crippen LogP contribution in [-0.2, 0) is 0 Å². The Hall–Kier alpha value is -1.36. The minimum Gasteiger partial charge on any atom is -1.00 e. The van der Waals surface area contributed by atoms with E-state index in [4.69, 9.17) is 8.83 Å². The molecule has 3 rings (SSSR count). The summed E-state index contributed by atoms with van der Waals surface area (Å²) in [7, 11) is 0. The van der Waals surface area contributed by atoms with E-state index in [1.165, 1.54) is 0 Å². The van der Waals surface area contributed by atoms with Crippen LogP contribution in [0.4, 0.5) is 0 Å². The first-order chi connectivity index (χ1) is 7.93. The standard InChI is InChI=1S/C12H8N2O2.Na.H/c1-2-10(12-14-6-8-16-12)4-3-9(1)11-13-5-7-15-11;;/h1-8H;;/q;+1;-1. The van der Waals surface area contributed by atoms with E-state index in [1.807, 2.05) is 24.3 Å². The summed E-state index contributed by atoms with van der Waals surface area (Å²) in [6.45, 7) is 0. The van der Waals surface area contributed by atoms with Gasteiger partial charge in [0.2, 0.25) is 11.8 Å². The van der Waals surface area contributed by atoms with Gasteiger partial charge in [-0.15, -0.1) is 0 Å². The van der Waals surface area contributed by atoms with Crippen LogP contribution in [0, 0.1) is 0 Å². The molecule has 3 aromatic rings. The maximum Gasteiger partial charge on any atom is 1.00 e. The number of nitrogens with zero attached hydrogens (tertiary/aromatic N) is 2. The third-order valence-corrected chi connectivity index (χ3v) is 2.24. The molecule has 17 heavy (non-hydrogen) atoms. The minimum atomic E-state index is 0. The van der Waals surface area contributed by atoms with Crippen LogP contribution in [0.5, 0.6) is 0 Å². The summed E-state index contributed by atoms with van der Waals surface area (Å²) < 4.78 is 10.4. The zero-order valence-electron chi connectivity index (χ0n) is 10.3. The molecule has 0 aliphatic carbocycles. The van der Waals surface area contributed by atoms with Crippen molar-refractivity contribution in [3.8, 4) is 22.9 Å². The van der Waals surface area contributed by atoms with Gasteiger partial charge in [-0.2, -0.15) is 0 Å². The van der Waals surface area contributed by atoms with E-state index in [9.17, 15) is 0 Å². The maximum absolute atomic E-state index is 5.20. The van der Waals surface area contributed by atoms with E-state index in [1.54, 1.807) is 24.9 Å². The van der Waals surface area contributed by atoms with Crippen LogP contribution in [-0.4, -0.2) is 9.97 Å². The van der Waals surface area contributed by atoms with Crippen molar-refractivity contribution in [2.45, 2.75) is 0 Å². The smallest absolute Gasteiger partial charge is 1.00 e. The maximum atomic E-state index is 5.20. The number of hydrogen-bond donors (Lipinski definition) is 0. The molecule has 0 radical (unpaired) electrons. The van der Waals surface area contributed by atoms with E-state index >= 15 is 0 Å². The summed E-state index contributed by atoms with van der Waals surface area (Å²) in [6.07, 6.45) is 6.35. The van der Waals surface area contributed by atoms with E-state index in [-0.39, 0.29) is 31.0 Å². The molecule has 0 atom stereocenters. The number of hydrogen-bond acceptors (Lipinski definition) is 4. The molecule has 0 amide bonds. The first-order valence-corrected chi connectivity index (χ1v) is 4.83. The molecule has 2 aromatic heterocycles. The minimum absolute atomic E-state index is 0. The summed E-state index contributed by atoms with van der Waals surface area (Å²) in [4.78, 5) is 8.15. The van der Waals surface area contributed by atoms with Crippen molar-refractivity contribution in [1.29, 1.82) is 0 Å². The van der Waals surface area contributed by atoms with Crippen molar-refractivity contribution in [3.05, 3.63) is 49.2 Å². The average Bonchev–Trinajstić information content (AvgIpc) is 3.03. The van der Waals surface area contributed by atoms with Crippen molar-refractivity contribution in [2.24, 2.45) is 0 Å². The Balaban J connectivity index is 0.000000810. The first kappa shape index (κ1) is 12.1. The van der Waals surface area contributed by atoms with E-state index < -0.39 is 0 Å². The molecule has 0 saturated carbocycles. The second-order valence-corrected chi connectivity index (χ2v) is 3.25. The van der Waals surface area contributed by atoms with Crippen molar-refractivity contribution in [2.75, 3.05) is 0 Å². The predicted octanol–water partition coefficient (Wildman–Crippen LogP) is 0.113. The fourth-order valence-corrected chi connectivity index (χ4v) is 1.49. The molecule has 1 aromatic carbocycles. The van der Waals surface area contributed by atoms with Crippen molar-refractivity contribution >= 4 is 0 Å². The summed E-state index contributed by atoms with van der Waals surface area (Å²) >= 11 is 0. The molecule has 0 unspecified atom stereocenters. The van der Waals surface area contributed by atoms with Gasteiger partial charge in [-0.3, -0.25) is 0 Å². The van der Waals surface area contributed by atoms with Gasteiger partial charge in [0.1, 0.15) is 12.5 Å². The molecule has 0 spiro atoms. The molecule has 4 nitrogen and oxygen atoms in total. The first-order valence-electron chi connectivity index (χ1n) is 4.83. The molecule has 0 saturated heterocycles. The van der Waals surface area contributed by atoms with Crippen LogP contribution in [0.25, 0.3) is 22.9 Å². The average molecular weight is 236 g/mol. The Morgan fingerprint density at radius 2 is 1.18 bits per heavy atom. The monoisotopic (exact) mass is 236 g/mol. The fourth-order valence-electron chi connectivity index (χ4n) is 1.49. The van der Waals surface area contributed by atoms with Gasteiger partial charge in [-0.1, -0.05) is 0 Å². The van der Waals surface area contributed by atoms with E-state index in [0.717, 1.165) is 11.1 Å². The zero-order valence-corrected chi connectivity index (χ0v) is 11.3. The van der Waals surface area contributed by atoms with E-state index in [0.29, 0.717) is 11.8 Å². The summed E-state index contributed by atoms with van der Waals surface area (Å²) in [5.74, 6) is 1.22. The number of oxazole rings is 2. The molecule has 0 fully saturated rings. The molecular formula is C12H9N2NaO2. The summed E-state index contributed by atoms with van der Waals surface area (Å²) in [5.41, 5.74) is 1.86. The fraction of sp³-hybridized carbons (Fsp3) is 0. The van der Waals surface area contributed by atoms with Gasteiger partial charge < -0.3 is 10.3 Å². The third kappa shape index (κ3) is 2.49. The van der Waals surface area contributed by atoms with Gasteiger partial charge >= 0.3 is 29.6 Å². The van der Waals surface area contributed by atoms with Crippen LogP contribution in [0.15, 0.2) is 58.0 Å². The van der Waals surface area contributed by atoms with Gasteiger partial charge in [0, 0.05) is 11.1 Å². The van der Waals surface area contributed by atoms with Crippen LogP contribution in [0.3, 0.4) is 0 Å². The molecule has 5 heteroatoms. The number of aromatic nitrogens is 2. The Morgan fingerprint density at radius 1 is 0.765 bits per heavy atom. The Labute approximate surface area is 121 Å². The normalized spacial score (nSPS) is 9.88. The molecule has 2 heterocycles. The van der Waals surface area contributed by atoms with Crippen LogP contribution < -0.4 is 29.6 Å². The molecule has 80 valence electrons. The Morgan fingerprint density at radius 3 is 1.47 bits per heavy atom. The van der Waals surface area contributed by atoms with Gasteiger partial charge in [-0.05, 0) is 24.3 Å². The third-order valence-electron chi connectivity index (χ3n) is 2.24. The van der Waals surface area contributed by atoms with Gasteiger partial charge in [-0.25, -0.2) is 9.97 Å². The molecular weight excluding hydrogens is 227 g/mol. The van der Waals surface area contributed by atoms with Gasteiger partial charge in [0.15, 0.2) is 0 Å². The summed E-state index contributed by atoms with van der Waals surface area (Å²) in [6, 6.07) is 7.69. The van der Waals surface area contributed by atoms with Crippen LogP contribution in [0.2, 0.25) is 0 Å². The van der Waals surface area contributed by atoms with Gasteiger partial charge in [0.25, 0.3) is 0 Å². The second-order valence-electron chi connectivity index (χ2n) is 3.25. The molecule has 0 aliphatic rings. The summed E-state index contributed by atoms with van der Waals surface area (Å²) in [5, 5.41) is 0. The van der Waals surface area contributed by atoms with Gasteiger partial charge in [0.05, 0.1) is 12.4 Å². The van der Waals surface area contributed by atoms with Crippen molar-refractivity contribution < 1.29 is 39.8 Å². The predicted molar refractivity (Wildman–Crippen MR) is 58.5 cm³/mol. The second kappa shape index (κ2) is 5.31. The topological polar surface area (TPSA) is 52.1 Å². The molecule has 0 N–H and O–H groups in total. The van der Waals surface area contributed by atoms with Crippen molar-refractivity contribution in [1.82, 2.24) is 9.97 Å². The van der Waals surface area contributed by atoms with E-state index in [2.05, 4.69) is 9.97 Å². The Bertz CT molecular complexity index is 511. The van der Waals surface area contributed by atoms with Crippen LogP contribution >= 0.6 is 0 Å². The van der Waals surface area contributed by atoms with Crippen LogP contribution in [0.1, 0.15) is 1.43 Å². The zero-order chi connectivity index (χ0) is 10.8. The van der Waals surface area contributed by atoms with Crippen molar-refractivity contribution in [3.63, 3.8) is 0 Å². The SMILES string of the molecule is [H-].[Na+].c1coc(-c2ccc(-c3ncco3)cc2)n1. The number of rotatable bonds is 2. The Kier molecular flexibility index (Phi) is 3.78.